The van der Waals surface area contributed by atoms with Crippen molar-refractivity contribution in [1.82, 2.24) is 15.1 Å². The van der Waals surface area contributed by atoms with Gasteiger partial charge in [0.05, 0.1) is 13.2 Å². The molecule has 2 aromatic rings. The molecular weight excluding hydrogens is 422 g/mol. The van der Waals surface area contributed by atoms with Crippen LogP contribution in [0, 0.1) is 0 Å². The van der Waals surface area contributed by atoms with Crippen LogP contribution in [-0.2, 0) is 10.2 Å². The molecule has 1 N–H and O–H groups in total. The van der Waals surface area contributed by atoms with E-state index in [2.05, 4.69) is 83.6 Å². The molecule has 1 aliphatic rings. The molecule has 0 saturated carbocycles. The summed E-state index contributed by atoms with van der Waals surface area (Å²) in [6.45, 7) is 15.0. The molecule has 0 radical (unpaired) electrons. The summed E-state index contributed by atoms with van der Waals surface area (Å²) in [7, 11) is 0. The quantitative estimate of drug-likeness (QED) is 0.462. The second-order valence-corrected chi connectivity index (χ2v) is 10.3. The molecular formula is C29H43N3O2. The zero-order chi connectivity index (χ0) is 24.4. The van der Waals surface area contributed by atoms with Crippen molar-refractivity contribution in [2.75, 3.05) is 45.9 Å². The average Bonchev–Trinajstić information content (AvgIpc) is 2.82. The lowest BCUT2D eigenvalue weighted by atomic mass is 9.78. The first kappa shape index (κ1) is 26.2. The highest BCUT2D eigenvalue weighted by Crippen LogP contribution is 2.32. The maximum atomic E-state index is 11.9. The number of nitrogens with zero attached hydrogens (tertiary/aromatic N) is 2. The molecule has 0 aliphatic carbocycles. The van der Waals surface area contributed by atoms with Crippen LogP contribution in [0.5, 0.6) is 5.75 Å². The summed E-state index contributed by atoms with van der Waals surface area (Å²) >= 11 is 0. The molecule has 1 fully saturated rings. The van der Waals surface area contributed by atoms with Crippen LogP contribution in [0.2, 0.25) is 0 Å². The molecule has 0 atom stereocenters. The fraction of sp³-hybridized carbons (Fsp3) is 0.552. The monoisotopic (exact) mass is 465 g/mol. The van der Waals surface area contributed by atoms with Crippen molar-refractivity contribution in [3.8, 4) is 5.75 Å². The standard InChI is InChI=1S/C29H43N3O2/c1-24(2)30-28(33)23-32-20-18-31(19-21-32)17-9-6-10-22-34-27-15-13-26(14-16-27)29(3,4)25-11-7-5-8-12-25/h5,7-8,11-16,24H,6,9-10,17-23H2,1-4H3,(H,30,33). The number of rotatable bonds is 12. The van der Waals surface area contributed by atoms with Crippen LogP contribution in [0.1, 0.15) is 58.1 Å². The maximum Gasteiger partial charge on any atom is 0.234 e. The minimum absolute atomic E-state index is 0.0220. The van der Waals surface area contributed by atoms with Gasteiger partial charge in [0.1, 0.15) is 5.75 Å². The normalized spacial score (nSPS) is 15.4. The van der Waals surface area contributed by atoms with Crippen LogP contribution in [0.3, 0.4) is 0 Å². The SMILES string of the molecule is CC(C)NC(=O)CN1CCN(CCCCCOc2ccc(C(C)(C)c3ccccc3)cc2)CC1. The number of hydrogen-bond donors (Lipinski definition) is 1. The Labute approximate surface area is 206 Å². The molecule has 1 aliphatic heterocycles. The maximum absolute atomic E-state index is 11.9. The zero-order valence-corrected chi connectivity index (χ0v) is 21.6. The lowest BCUT2D eigenvalue weighted by Gasteiger charge is -2.34. The minimum atomic E-state index is -0.0220. The summed E-state index contributed by atoms with van der Waals surface area (Å²) in [5, 5.41) is 2.98. The van der Waals surface area contributed by atoms with Gasteiger partial charge in [0, 0.05) is 37.6 Å². The van der Waals surface area contributed by atoms with Gasteiger partial charge in [-0.15, -0.1) is 0 Å². The molecule has 0 aromatic heterocycles. The summed E-state index contributed by atoms with van der Waals surface area (Å²) in [5.41, 5.74) is 2.60. The molecule has 34 heavy (non-hydrogen) atoms. The van der Waals surface area contributed by atoms with Crippen LogP contribution < -0.4 is 10.1 Å². The summed E-state index contributed by atoms with van der Waals surface area (Å²) in [5.74, 6) is 1.09. The molecule has 0 spiro atoms. The first-order chi connectivity index (χ1) is 16.3. The van der Waals surface area contributed by atoms with E-state index in [0.717, 1.165) is 51.5 Å². The molecule has 1 amide bonds. The van der Waals surface area contributed by atoms with E-state index in [-0.39, 0.29) is 17.4 Å². The molecule has 0 unspecified atom stereocenters. The van der Waals surface area contributed by atoms with Crippen LogP contribution >= 0.6 is 0 Å². The molecule has 2 aromatic carbocycles. The van der Waals surface area contributed by atoms with Gasteiger partial charge in [-0.05, 0) is 62.9 Å². The van der Waals surface area contributed by atoms with Gasteiger partial charge < -0.3 is 15.0 Å². The summed E-state index contributed by atoms with van der Waals surface area (Å²) in [6.07, 6.45) is 3.45. The smallest absolute Gasteiger partial charge is 0.234 e. The van der Waals surface area contributed by atoms with Crippen molar-refractivity contribution in [3.63, 3.8) is 0 Å². The van der Waals surface area contributed by atoms with Gasteiger partial charge in [-0.3, -0.25) is 9.69 Å². The van der Waals surface area contributed by atoms with Gasteiger partial charge >= 0.3 is 0 Å². The number of ether oxygens (including phenoxy) is 1. The number of piperazine rings is 1. The Kier molecular flexibility index (Phi) is 9.97. The Morgan fingerprint density at radius 3 is 2.15 bits per heavy atom. The number of unbranched alkanes of at least 4 members (excludes halogenated alkanes) is 2. The third-order valence-electron chi connectivity index (χ3n) is 6.74. The van der Waals surface area contributed by atoms with E-state index in [1.165, 1.54) is 24.0 Å². The predicted molar refractivity (Wildman–Crippen MR) is 141 cm³/mol. The Balaban J connectivity index is 1.28. The average molecular weight is 466 g/mol. The van der Waals surface area contributed by atoms with Gasteiger partial charge in [0.15, 0.2) is 0 Å². The van der Waals surface area contributed by atoms with Crippen molar-refractivity contribution >= 4 is 5.91 Å². The largest absolute Gasteiger partial charge is 0.494 e. The van der Waals surface area contributed by atoms with Crippen molar-refractivity contribution in [3.05, 3.63) is 65.7 Å². The minimum Gasteiger partial charge on any atom is -0.494 e. The van der Waals surface area contributed by atoms with Gasteiger partial charge in [-0.1, -0.05) is 56.3 Å². The first-order valence-corrected chi connectivity index (χ1v) is 12.9. The highest BCUT2D eigenvalue weighted by Gasteiger charge is 2.22. The van der Waals surface area contributed by atoms with E-state index < -0.39 is 0 Å². The van der Waals surface area contributed by atoms with Crippen LogP contribution in [0.25, 0.3) is 0 Å². The summed E-state index contributed by atoms with van der Waals surface area (Å²) < 4.78 is 5.99. The molecule has 186 valence electrons. The van der Waals surface area contributed by atoms with Crippen LogP contribution in [-0.4, -0.2) is 67.6 Å². The lowest BCUT2D eigenvalue weighted by Crippen LogP contribution is -2.50. The highest BCUT2D eigenvalue weighted by atomic mass is 16.5. The molecule has 5 heteroatoms. The molecule has 0 bridgehead atoms. The fourth-order valence-electron chi connectivity index (χ4n) is 4.54. The number of carbonyl (C=O) groups is 1. The van der Waals surface area contributed by atoms with E-state index in [9.17, 15) is 4.79 Å². The van der Waals surface area contributed by atoms with E-state index in [0.29, 0.717) is 6.54 Å². The van der Waals surface area contributed by atoms with Crippen molar-refractivity contribution in [2.45, 2.75) is 58.4 Å². The van der Waals surface area contributed by atoms with E-state index >= 15 is 0 Å². The van der Waals surface area contributed by atoms with E-state index in [4.69, 9.17) is 4.74 Å². The molecule has 5 nitrogen and oxygen atoms in total. The topological polar surface area (TPSA) is 44.8 Å². The van der Waals surface area contributed by atoms with Gasteiger partial charge in [-0.2, -0.15) is 0 Å². The summed E-state index contributed by atoms with van der Waals surface area (Å²) in [6, 6.07) is 19.4. The van der Waals surface area contributed by atoms with Gasteiger partial charge in [0.25, 0.3) is 0 Å². The van der Waals surface area contributed by atoms with Crippen molar-refractivity contribution < 1.29 is 9.53 Å². The zero-order valence-electron chi connectivity index (χ0n) is 21.6. The Hall–Kier alpha value is -2.37. The highest BCUT2D eigenvalue weighted by molar-refractivity contribution is 5.78. The third kappa shape index (κ3) is 8.14. The number of carbonyl (C=O) groups excluding carboxylic acids is 1. The van der Waals surface area contributed by atoms with Crippen molar-refractivity contribution in [2.24, 2.45) is 0 Å². The first-order valence-electron chi connectivity index (χ1n) is 12.9. The van der Waals surface area contributed by atoms with Gasteiger partial charge in [0.2, 0.25) is 5.91 Å². The van der Waals surface area contributed by atoms with E-state index in [1.807, 2.05) is 13.8 Å². The molecule has 1 heterocycles. The molecule has 1 saturated heterocycles. The Morgan fingerprint density at radius 2 is 1.50 bits per heavy atom. The molecule has 3 rings (SSSR count). The number of benzene rings is 2. The van der Waals surface area contributed by atoms with Crippen molar-refractivity contribution in [1.29, 1.82) is 0 Å². The van der Waals surface area contributed by atoms with Crippen LogP contribution in [0.15, 0.2) is 54.6 Å². The van der Waals surface area contributed by atoms with E-state index in [1.54, 1.807) is 0 Å². The second-order valence-electron chi connectivity index (χ2n) is 10.3. The van der Waals surface area contributed by atoms with Gasteiger partial charge in [-0.25, -0.2) is 0 Å². The summed E-state index contributed by atoms with van der Waals surface area (Å²) in [4.78, 5) is 16.7. The second kappa shape index (κ2) is 12.9. The third-order valence-corrected chi connectivity index (χ3v) is 6.74. The van der Waals surface area contributed by atoms with Crippen LogP contribution in [0.4, 0.5) is 0 Å². The number of nitrogens with one attached hydrogen (secondary N) is 1. The number of amides is 1. The predicted octanol–water partition coefficient (Wildman–Crippen LogP) is 4.70. The number of hydrogen-bond acceptors (Lipinski definition) is 4. The Bertz CT molecular complexity index is 857. The fourth-order valence-corrected chi connectivity index (χ4v) is 4.54. The Morgan fingerprint density at radius 1 is 0.882 bits per heavy atom. The lowest BCUT2D eigenvalue weighted by molar-refractivity contribution is -0.123.